The number of nitrogens with one attached hydrogen (secondary N) is 1. The fraction of sp³-hybridized carbons (Fsp3) is 0.312. The van der Waals surface area contributed by atoms with E-state index in [4.69, 9.17) is 16.3 Å². The molecule has 1 heterocycles. The van der Waals surface area contributed by atoms with Crippen molar-refractivity contribution >= 4 is 52.3 Å². The van der Waals surface area contributed by atoms with Gasteiger partial charge in [-0.3, -0.25) is 9.59 Å². The highest BCUT2D eigenvalue weighted by molar-refractivity contribution is 8.02. The maximum Gasteiger partial charge on any atom is 0.311 e. The molecule has 0 aliphatic carbocycles. The van der Waals surface area contributed by atoms with Gasteiger partial charge in [0.05, 0.1) is 24.0 Å². The lowest BCUT2D eigenvalue weighted by Crippen LogP contribution is -2.22. The lowest BCUT2D eigenvalue weighted by atomic mass is 10.3. The average Bonchev–Trinajstić information content (AvgIpc) is 2.96. The third-order valence-corrected chi connectivity index (χ3v) is 5.29. The molecule has 0 saturated carbocycles. The van der Waals surface area contributed by atoms with Crippen molar-refractivity contribution in [2.75, 3.05) is 11.9 Å². The Bertz CT molecular complexity index is 704. The van der Waals surface area contributed by atoms with E-state index in [0.717, 1.165) is 4.34 Å². The van der Waals surface area contributed by atoms with Crippen molar-refractivity contribution in [1.29, 1.82) is 0 Å². The van der Waals surface area contributed by atoms with E-state index in [1.54, 1.807) is 31.2 Å². The van der Waals surface area contributed by atoms with Crippen LogP contribution in [0.25, 0.3) is 0 Å². The number of halogens is 1. The van der Waals surface area contributed by atoms with Crippen molar-refractivity contribution in [3.05, 3.63) is 40.4 Å². The number of thioether (sulfide) groups is 1. The maximum absolute atomic E-state index is 12.2. The minimum Gasteiger partial charge on any atom is -0.466 e. The number of anilines is 1. The zero-order valence-electron chi connectivity index (χ0n) is 13.2. The maximum atomic E-state index is 12.2. The molecule has 2 rings (SSSR count). The number of nitrogens with zero attached hydrogens (tertiary/aromatic N) is 1. The molecule has 8 heteroatoms. The van der Waals surface area contributed by atoms with Crippen LogP contribution in [0.3, 0.4) is 0 Å². The van der Waals surface area contributed by atoms with Gasteiger partial charge in [0.2, 0.25) is 5.91 Å². The molecule has 0 aliphatic rings. The lowest BCUT2D eigenvalue weighted by molar-refractivity contribution is -0.142. The standard InChI is InChI=1S/C16H17ClN2O3S2/c1-3-22-14(20)8-13-9-23-16(19-13)24-10(2)15(21)18-12-6-4-11(17)5-7-12/h4-7,9-10H,3,8H2,1-2H3,(H,18,21)/t10-/m0/s1. The van der Waals surface area contributed by atoms with Crippen LogP contribution in [0.15, 0.2) is 34.0 Å². The second-order valence-corrected chi connectivity index (χ2v) is 7.73. The fourth-order valence-corrected chi connectivity index (χ4v) is 3.87. The molecule has 0 spiro atoms. The number of aromatic nitrogens is 1. The predicted molar refractivity (Wildman–Crippen MR) is 97.9 cm³/mol. The molecule has 24 heavy (non-hydrogen) atoms. The molecule has 0 radical (unpaired) electrons. The summed E-state index contributed by atoms with van der Waals surface area (Å²) < 4.78 is 5.64. The first-order valence-electron chi connectivity index (χ1n) is 7.31. The Morgan fingerprint density at radius 2 is 2.08 bits per heavy atom. The fourth-order valence-electron chi connectivity index (χ4n) is 1.77. The molecule has 128 valence electrons. The molecule has 0 aliphatic heterocycles. The van der Waals surface area contributed by atoms with Crippen molar-refractivity contribution in [1.82, 2.24) is 4.98 Å². The highest BCUT2D eigenvalue weighted by Crippen LogP contribution is 2.28. The summed E-state index contributed by atoms with van der Waals surface area (Å²) in [4.78, 5) is 28.0. The second kappa shape index (κ2) is 9.05. The summed E-state index contributed by atoms with van der Waals surface area (Å²) in [5.74, 6) is -0.419. The van der Waals surface area contributed by atoms with E-state index in [-0.39, 0.29) is 23.5 Å². The van der Waals surface area contributed by atoms with Crippen LogP contribution in [0.2, 0.25) is 5.02 Å². The van der Waals surface area contributed by atoms with E-state index >= 15 is 0 Å². The minimum absolute atomic E-state index is 0.121. The summed E-state index contributed by atoms with van der Waals surface area (Å²) >= 11 is 8.58. The Balaban J connectivity index is 1.88. The molecule has 0 bridgehead atoms. The van der Waals surface area contributed by atoms with E-state index in [1.807, 2.05) is 12.3 Å². The van der Waals surface area contributed by atoms with Gasteiger partial charge < -0.3 is 10.1 Å². The van der Waals surface area contributed by atoms with Gasteiger partial charge >= 0.3 is 5.97 Å². The van der Waals surface area contributed by atoms with E-state index < -0.39 is 0 Å². The van der Waals surface area contributed by atoms with E-state index in [2.05, 4.69) is 10.3 Å². The number of ether oxygens (including phenoxy) is 1. The van der Waals surface area contributed by atoms with Gasteiger partial charge in [0, 0.05) is 16.1 Å². The molecule has 1 amide bonds. The zero-order chi connectivity index (χ0) is 17.5. The zero-order valence-corrected chi connectivity index (χ0v) is 15.6. The highest BCUT2D eigenvalue weighted by Gasteiger charge is 2.17. The van der Waals surface area contributed by atoms with Crippen LogP contribution in [-0.4, -0.2) is 28.7 Å². The van der Waals surface area contributed by atoms with Crippen LogP contribution in [0.5, 0.6) is 0 Å². The second-order valence-electron chi connectivity index (χ2n) is 4.84. The lowest BCUT2D eigenvalue weighted by Gasteiger charge is -2.10. The van der Waals surface area contributed by atoms with Crippen molar-refractivity contribution in [2.24, 2.45) is 0 Å². The minimum atomic E-state index is -0.317. The largest absolute Gasteiger partial charge is 0.466 e. The first-order chi connectivity index (χ1) is 11.5. The first kappa shape index (κ1) is 18.8. The Morgan fingerprint density at radius 3 is 2.75 bits per heavy atom. The van der Waals surface area contributed by atoms with Gasteiger partial charge in [0.1, 0.15) is 0 Å². The van der Waals surface area contributed by atoms with Crippen LogP contribution >= 0.6 is 34.7 Å². The summed E-state index contributed by atoms with van der Waals surface area (Å²) in [7, 11) is 0. The van der Waals surface area contributed by atoms with Crippen LogP contribution in [0.4, 0.5) is 5.69 Å². The molecule has 2 aromatic rings. The molecule has 0 unspecified atom stereocenters. The van der Waals surface area contributed by atoms with Crippen molar-refractivity contribution in [2.45, 2.75) is 29.9 Å². The molecule has 0 fully saturated rings. The number of carbonyl (C=O) groups is 2. The number of thiazole rings is 1. The van der Waals surface area contributed by atoms with Gasteiger partial charge in [0.25, 0.3) is 0 Å². The van der Waals surface area contributed by atoms with Gasteiger partial charge in [-0.25, -0.2) is 4.98 Å². The van der Waals surface area contributed by atoms with E-state index in [0.29, 0.717) is 23.0 Å². The molecule has 1 aromatic heterocycles. The summed E-state index contributed by atoms with van der Waals surface area (Å²) in [5.41, 5.74) is 1.35. The SMILES string of the molecule is CCOC(=O)Cc1csc(S[C@@H](C)C(=O)Nc2ccc(Cl)cc2)n1. The van der Waals surface area contributed by atoms with E-state index in [1.165, 1.54) is 23.1 Å². The Hall–Kier alpha value is -1.57. The predicted octanol–water partition coefficient (Wildman–Crippen LogP) is 4.02. The number of hydrogen-bond donors (Lipinski definition) is 1. The quantitative estimate of drug-likeness (QED) is 0.576. The molecular weight excluding hydrogens is 368 g/mol. The van der Waals surface area contributed by atoms with Crippen molar-refractivity contribution in [3.8, 4) is 0 Å². The summed E-state index contributed by atoms with van der Waals surface area (Å²) in [6, 6.07) is 6.94. The number of benzene rings is 1. The molecule has 0 saturated heterocycles. The molecule has 1 aromatic carbocycles. The van der Waals surface area contributed by atoms with Gasteiger partial charge in [-0.15, -0.1) is 11.3 Å². The monoisotopic (exact) mass is 384 g/mol. The van der Waals surface area contributed by atoms with Crippen LogP contribution in [0.1, 0.15) is 19.5 Å². The van der Waals surface area contributed by atoms with Gasteiger partial charge in [-0.1, -0.05) is 23.4 Å². The number of carbonyl (C=O) groups excluding carboxylic acids is 2. The number of rotatable bonds is 7. The Morgan fingerprint density at radius 1 is 1.38 bits per heavy atom. The average molecular weight is 385 g/mol. The van der Waals surface area contributed by atoms with Gasteiger partial charge in [-0.05, 0) is 38.1 Å². The summed E-state index contributed by atoms with van der Waals surface area (Å²) in [5, 5.41) is 4.94. The van der Waals surface area contributed by atoms with E-state index in [9.17, 15) is 9.59 Å². The van der Waals surface area contributed by atoms with Gasteiger partial charge in [0.15, 0.2) is 4.34 Å². The summed E-state index contributed by atoms with van der Waals surface area (Å²) in [6.07, 6.45) is 0.149. The van der Waals surface area contributed by atoms with Crippen LogP contribution in [0, 0.1) is 0 Å². The third-order valence-electron chi connectivity index (χ3n) is 2.92. The molecule has 5 nitrogen and oxygen atoms in total. The Kier molecular flexibility index (Phi) is 7.08. The Labute approximate surface area is 153 Å². The first-order valence-corrected chi connectivity index (χ1v) is 9.44. The normalized spacial score (nSPS) is 11.8. The smallest absolute Gasteiger partial charge is 0.311 e. The molecule has 1 atom stereocenters. The third kappa shape index (κ3) is 5.81. The summed E-state index contributed by atoms with van der Waals surface area (Å²) in [6.45, 7) is 3.93. The highest BCUT2D eigenvalue weighted by atomic mass is 35.5. The topological polar surface area (TPSA) is 68.3 Å². The van der Waals surface area contributed by atoms with Crippen LogP contribution in [-0.2, 0) is 20.7 Å². The number of esters is 1. The number of amides is 1. The molecular formula is C16H17ClN2O3S2. The van der Waals surface area contributed by atoms with Crippen molar-refractivity contribution in [3.63, 3.8) is 0 Å². The van der Waals surface area contributed by atoms with Gasteiger partial charge in [-0.2, -0.15) is 0 Å². The van der Waals surface area contributed by atoms with Crippen molar-refractivity contribution < 1.29 is 14.3 Å². The number of hydrogen-bond acceptors (Lipinski definition) is 6. The molecule has 1 N–H and O–H groups in total. The van der Waals surface area contributed by atoms with Crippen LogP contribution < -0.4 is 5.32 Å².